The molecule has 1 nitrogen and oxygen atoms in total. The van der Waals surface area contributed by atoms with Crippen molar-refractivity contribution < 1.29 is 0 Å². The lowest BCUT2D eigenvalue weighted by atomic mass is 10.0. The second-order valence-corrected chi connectivity index (χ2v) is 7.23. The van der Waals surface area contributed by atoms with Gasteiger partial charge in [-0.3, -0.25) is 0 Å². The summed E-state index contributed by atoms with van der Waals surface area (Å²) >= 11 is 3.51. The van der Waals surface area contributed by atoms with Crippen molar-refractivity contribution in [3.05, 3.63) is 24.3 Å². The van der Waals surface area contributed by atoms with Crippen molar-refractivity contribution in [2.75, 3.05) is 18.4 Å². The Bertz CT molecular complexity index is 298. The minimum absolute atomic E-state index is 0.601. The summed E-state index contributed by atoms with van der Waals surface area (Å²) in [5.41, 5.74) is 0. The quantitative estimate of drug-likeness (QED) is 0.167. The third-order valence-electron chi connectivity index (χ3n) is 4.38. The van der Waals surface area contributed by atoms with Crippen LogP contribution in [0.15, 0.2) is 24.3 Å². The Hall–Kier alpha value is -0.0800. The molecule has 0 aromatic rings. The van der Waals surface area contributed by atoms with E-state index in [1.165, 1.54) is 58.0 Å². The average molecular weight is 386 g/mol. The van der Waals surface area contributed by atoms with E-state index in [0.29, 0.717) is 5.92 Å². The highest BCUT2D eigenvalue weighted by molar-refractivity contribution is 9.09. The molecule has 136 valence electrons. The molecule has 2 atom stereocenters. The van der Waals surface area contributed by atoms with Crippen molar-refractivity contribution in [3.63, 3.8) is 0 Å². The molecule has 0 aliphatic rings. The third kappa shape index (κ3) is 12.0. The Morgan fingerprint density at radius 3 is 2.22 bits per heavy atom. The molecule has 0 spiro atoms. The van der Waals surface area contributed by atoms with Crippen molar-refractivity contribution >= 4 is 15.9 Å². The predicted molar refractivity (Wildman–Crippen MR) is 111 cm³/mol. The van der Waals surface area contributed by atoms with Gasteiger partial charge in [-0.25, -0.2) is 0 Å². The van der Waals surface area contributed by atoms with E-state index in [9.17, 15) is 0 Å². The lowest BCUT2D eigenvalue weighted by molar-refractivity contribution is 0.175. The van der Waals surface area contributed by atoms with Crippen molar-refractivity contribution in [1.82, 2.24) is 4.90 Å². The molecule has 2 heteroatoms. The molecule has 0 fully saturated rings. The number of hydrogen-bond acceptors (Lipinski definition) is 1. The maximum Gasteiger partial charge on any atom is 0.00925 e. The fourth-order valence-electron chi connectivity index (χ4n) is 3.09. The number of rotatable bonds is 15. The molecule has 0 aromatic heterocycles. The van der Waals surface area contributed by atoms with E-state index in [2.05, 4.69) is 72.8 Å². The third-order valence-corrected chi connectivity index (χ3v) is 4.94. The van der Waals surface area contributed by atoms with E-state index >= 15 is 0 Å². The summed E-state index contributed by atoms with van der Waals surface area (Å²) in [4.78, 5) is 2.74. The molecule has 0 bridgehead atoms. The van der Waals surface area contributed by atoms with E-state index in [4.69, 9.17) is 0 Å². The standard InChI is InChI=1S/C21H40BrN/c1-5-9-14-20(15-11-10-12-17-22)16-19-23(18-7-3)21(8-4)13-6-2/h9,11,14-15,20-21H,5-8,10,12-13,16-19H2,1-4H3/b14-9-,15-11-. The van der Waals surface area contributed by atoms with Crippen LogP contribution in [0.5, 0.6) is 0 Å². The lowest BCUT2D eigenvalue weighted by Crippen LogP contribution is -2.36. The zero-order chi connectivity index (χ0) is 17.3. The first kappa shape index (κ1) is 22.9. The first-order valence-corrected chi connectivity index (χ1v) is 11.0. The van der Waals surface area contributed by atoms with Crippen LogP contribution in [0.1, 0.15) is 79.1 Å². The van der Waals surface area contributed by atoms with Gasteiger partial charge in [-0.2, -0.15) is 0 Å². The van der Waals surface area contributed by atoms with Gasteiger partial charge in [0.05, 0.1) is 0 Å². The highest BCUT2D eigenvalue weighted by atomic mass is 79.9. The van der Waals surface area contributed by atoms with E-state index in [-0.39, 0.29) is 0 Å². The summed E-state index contributed by atoms with van der Waals surface area (Å²) in [6.45, 7) is 11.7. The van der Waals surface area contributed by atoms with Gasteiger partial charge in [0.2, 0.25) is 0 Å². The molecule has 0 heterocycles. The smallest absolute Gasteiger partial charge is 0.00925 e. The normalized spacial score (nSPS) is 15.0. The molecular weight excluding hydrogens is 346 g/mol. The molecule has 0 aliphatic heterocycles. The van der Waals surface area contributed by atoms with Gasteiger partial charge in [0, 0.05) is 11.4 Å². The fraction of sp³-hybridized carbons (Fsp3) is 0.810. The minimum atomic E-state index is 0.601. The number of nitrogens with zero attached hydrogens (tertiary/aromatic N) is 1. The summed E-state index contributed by atoms with van der Waals surface area (Å²) in [6.07, 6.45) is 19.5. The van der Waals surface area contributed by atoms with Gasteiger partial charge in [-0.05, 0) is 64.0 Å². The van der Waals surface area contributed by atoms with Crippen molar-refractivity contribution in [1.29, 1.82) is 0 Å². The van der Waals surface area contributed by atoms with E-state index < -0.39 is 0 Å². The molecule has 0 radical (unpaired) electrons. The summed E-state index contributed by atoms with van der Waals surface area (Å²) < 4.78 is 0. The average Bonchev–Trinajstić information content (AvgIpc) is 2.57. The summed E-state index contributed by atoms with van der Waals surface area (Å²) in [6, 6.07) is 0.771. The Labute approximate surface area is 154 Å². The molecular formula is C21H40BrN. The summed E-state index contributed by atoms with van der Waals surface area (Å²) in [5.74, 6) is 0.601. The van der Waals surface area contributed by atoms with Crippen LogP contribution >= 0.6 is 15.9 Å². The molecule has 0 aromatic carbocycles. The lowest BCUT2D eigenvalue weighted by Gasteiger charge is -2.31. The van der Waals surface area contributed by atoms with Gasteiger partial charge < -0.3 is 4.90 Å². The largest absolute Gasteiger partial charge is 0.300 e. The zero-order valence-corrected chi connectivity index (χ0v) is 17.7. The molecule has 23 heavy (non-hydrogen) atoms. The molecule has 0 amide bonds. The van der Waals surface area contributed by atoms with Crippen molar-refractivity contribution in [2.45, 2.75) is 85.1 Å². The van der Waals surface area contributed by atoms with Crippen LogP contribution in [0.3, 0.4) is 0 Å². The van der Waals surface area contributed by atoms with Gasteiger partial charge in [-0.1, -0.05) is 74.3 Å². The molecule has 0 aliphatic carbocycles. The minimum Gasteiger partial charge on any atom is -0.300 e. The number of unbranched alkanes of at least 4 members (excludes halogenated alkanes) is 1. The predicted octanol–water partition coefficient (Wildman–Crippen LogP) is 6.98. The topological polar surface area (TPSA) is 3.24 Å². The SMILES string of the molecule is CC/C=C\C(/C=C\CCCBr)CCN(CCC)C(CC)CCC. The van der Waals surface area contributed by atoms with Gasteiger partial charge in [0.25, 0.3) is 0 Å². The van der Waals surface area contributed by atoms with Gasteiger partial charge >= 0.3 is 0 Å². The highest BCUT2D eigenvalue weighted by Crippen LogP contribution is 2.16. The highest BCUT2D eigenvalue weighted by Gasteiger charge is 2.15. The van der Waals surface area contributed by atoms with E-state index in [1.54, 1.807) is 0 Å². The maximum absolute atomic E-state index is 3.51. The fourth-order valence-corrected chi connectivity index (χ4v) is 3.41. The zero-order valence-electron chi connectivity index (χ0n) is 16.1. The molecule has 0 rings (SSSR count). The Morgan fingerprint density at radius 1 is 0.913 bits per heavy atom. The first-order chi connectivity index (χ1) is 11.2. The first-order valence-electron chi connectivity index (χ1n) is 9.86. The molecule has 0 saturated heterocycles. The Kier molecular flexibility index (Phi) is 16.7. The van der Waals surface area contributed by atoms with Crippen LogP contribution in [0, 0.1) is 5.92 Å². The van der Waals surface area contributed by atoms with Crippen LogP contribution in [0.4, 0.5) is 0 Å². The van der Waals surface area contributed by atoms with Crippen LogP contribution in [-0.2, 0) is 0 Å². The van der Waals surface area contributed by atoms with Crippen LogP contribution in [0.25, 0.3) is 0 Å². The van der Waals surface area contributed by atoms with E-state index in [0.717, 1.165) is 17.8 Å². The van der Waals surface area contributed by atoms with Gasteiger partial charge in [0.15, 0.2) is 0 Å². The van der Waals surface area contributed by atoms with Crippen LogP contribution in [-0.4, -0.2) is 29.4 Å². The Balaban J connectivity index is 4.60. The van der Waals surface area contributed by atoms with Crippen molar-refractivity contribution in [2.24, 2.45) is 5.92 Å². The number of halogens is 1. The van der Waals surface area contributed by atoms with Crippen molar-refractivity contribution in [3.8, 4) is 0 Å². The summed E-state index contributed by atoms with van der Waals surface area (Å²) in [5, 5.41) is 1.10. The Morgan fingerprint density at radius 2 is 1.65 bits per heavy atom. The van der Waals surface area contributed by atoms with Gasteiger partial charge in [0.1, 0.15) is 0 Å². The molecule has 2 unspecified atom stereocenters. The molecule has 0 saturated carbocycles. The van der Waals surface area contributed by atoms with Gasteiger partial charge in [-0.15, -0.1) is 0 Å². The summed E-state index contributed by atoms with van der Waals surface area (Å²) in [7, 11) is 0. The molecule has 0 N–H and O–H groups in total. The maximum atomic E-state index is 3.51. The monoisotopic (exact) mass is 385 g/mol. The number of alkyl halides is 1. The van der Waals surface area contributed by atoms with Crippen LogP contribution < -0.4 is 0 Å². The van der Waals surface area contributed by atoms with E-state index in [1.807, 2.05) is 0 Å². The second kappa shape index (κ2) is 16.8. The number of hydrogen-bond donors (Lipinski definition) is 0. The van der Waals surface area contributed by atoms with Crippen LogP contribution in [0.2, 0.25) is 0 Å². The second-order valence-electron chi connectivity index (χ2n) is 6.44. The number of allylic oxidation sites excluding steroid dienone is 4.